The summed E-state index contributed by atoms with van der Waals surface area (Å²) in [6, 6.07) is 1.07. The summed E-state index contributed by atoms with van der Waals surface area (Å²) in [5.41, 5.74) is 5.31. The van der Waals surface area contributed by atoms with Gasteiger partial charge < -0.3 is 11.1 Å². The van der Waals surface area contributed by atoms with Crippen LogP contribution >= 0.6 is 0 Å². The van der Waals surface area contributed by atoms with E-state index in [2.05, 4.69) is 24.1 Å². The van der Waals surface area contributed by atoms with Crippen molar-refractivity contribution in [3.63, 3.8) is 0 Å². The Labute approximate surface area is 98.6 Å². The van der Waals surface area contributed by atoms with E-state index in [1.165, 1.54) is 19.3 Å². The summed E-state index contributed by atoms with van der Waals surface area (Å²) >= 11 is 0. The third-order valence-corrected chi connectivity index (χ3v) is 3.74. The minimum Gasteiger partial charge on any atom is -0.368 e. The van der Waals surface area contributed by atoms with Gasteiger partial charge in [-0.25, -0.2) is 0 Å². The highest BCUT2D eigenvalue weighted by molar-refractivity contribution is 5.79. The summed E-state index contributed by atoms with van der Waals surface area (Å²) in [5.74, 6) is -0.250. The largest absolute Gasteiger partial charge is 0.368 e. The van der Waals surface area contributed by atoms with Crippen molar-refractivity contribution in [1.82, 2.24) is 10.2 Å². The number of piperidine rings is 1. The second-order valence-corrected chi connectivity index (χ2v) is 4.90. The summed E-state index contributed by atoms with van der Waals surface area (Å²) < 4.78 is 0. The minimum absolute atomic E-state index is 0.193. The Morgan fingerprint density at radius 3 is 2.44 bits per heavy atom. The lowest BCUT2D eigenvalue weighted by atomic mass is 9.97. The van der Waals surface area contributed by atoms with Crippen LogP contribution in [0.1, 0.15) is 39.5 Å². The molecule has 4 nitrogen and oxygen atoms in total. The molecule has 94 valence electrons. The number of nitrogens with two attached hydrogens (primary N) is 1. The standard InChI is InChI=1S/C12H25N3O/c1-9-5-4-6-10(2)15(9)8-7-11(14-3)12(13)16/h9-11,14H,4-8H2,1-3H3,(H2,13,16)/t9-,10+,11?. The monoisotopic (exact) mass is 227 g/mol. The first-order valence-corrected chi connectivity index (χ1v) is 6.28. The lowest BCUT2D eigenvalue weighted by Gasteiger charge is -2.39. The fourth-order valence-electron chi connectivity index (χ4n) is 2.62. The zero-order chi connectivity index (χ0) is 12.1. The van der Waals surface area contributed by atoms with Gasteiger partial charge in [-0.1, -0.05) is 6.42 Å². The molecule has 0 aliphatic carbocycles. The number of carbonyl (C=O) groups is 1. The maximum Gasteiger partial charge on any atom is 0.234 e. The highest BCUT2D eigenvalue weighted by Crippen LogP contribution is 2.22. The maximum absolute atomic E-state index is 11.1. The van der Waals surface area contributed by atoms with Gasteiger partial charge in [-0.2, -0.15) is 0 Å². The van der Waals surface area contributed by atoms with Crippen molar-refractivity contribution < 1.29 is 4.79 Å². The molecule has 4 heteroatoms. The van der Waals surface area contributed by atoms with Crippen LogP contribution in [0.2, 0.25) is 0 Å². The fourth-order valence-corrected chi connectivity index (χ4v) is 2.62. The van der Waals surface area contributed by atoms with Crippen LogP contribution in [0.3, 0.4) is 0 Å². The minimum atomic E-state index is -0.250. The van der Waals surface area contributed by atoms with Gasteiger partial charge in [-0.15, -0.1) is 0 Å². The third kappa shape index (κ3) is 3.46. The van der Waals surface area contributed by atoms with Crippen LogP contribution in [-0.4, -0.2) is 42.5 Å². The first-order chi connectivity index (χ1) is 7.56. The lowest BCUT2D eigenvalue weighted by molar-refractivity contribution is -0.120. The molecular formula is C12H25N3O. The highest BCUT2D eigenvalue weighted by atomic mass is 16.1. The molecule has 1 aliphatic rings. The van der Waals surface area contributed by atoms with Crippen LogP contribution in [0, 0.1) is 0 Å². The van der Waals surface area contributed by atoms with Gasteiger partial charge in [0.1, 0.15) is 0 Å². The van der Waals surface area contributed by atoms with E-state index in [1.807, 2.05) is 0 Å². The van der Waals surface area contributed by atoms with Gasteiger partial charge in [-0.05, 0) is 40.2 Å². The predicted molar refractivity (Wildman–Crippen MR) is 66.1 cm³/mol. The van der Waals surface area contributed by atoms with E-state index in [1.54, 1.807) is 7.05 Å². The van der Waals surface area contributed by atoms with Crippen molar-refractivity contribution in [1.29, 1.82) is 0 Å². The van der Waals surface area contributed by atoms with Crippen molar-refractivity contribution in [2.24, 2.45) is 5.73 Å². The van der Waals surface area contributed by atoms with E-state index in [9.17, 15) is 4.79 Å². The Morgan fingerprint density at radius 2 is 2.00 bits per heavy atom. The molecule has 0 aromatic carbocycles. The zero-order valence-electron chi connectivity index (χ0n) is 10.7. The SMILES string of the molecule is CNC(CCN1[C@H](C)CCC[C@@H]1C)C(N)=O. The molecule has 1 saturated heterocycles. The van der Waals surface area contributed by atoms with Crippen molar-refractivity contribution in [2.75, 3.05) is 13.6 Å². The van der Waals surface area contributed by atoms with E-state index in [4.69, 9.17) is 5.73 Å². The summed E-state index contributed by atoms with van der Waals surface area (Å²) in [5, 5.41) is 2.97. The van der Waals surface area contributed by atoms with E-state index in [-0.39, 0.29) is 11.9 Å². The Hall–Kier alpha value is -0.610. The average Bonchev–Trinajstić information content (AvgIpc) is 2.22. The number of amides is 1. The number of nitrogens with one attached hydrogen (secondary N) is 1. The molecule has 1 heterocycles. The summed E-state index contributed by atoms with van der Waals surface area (Å²) in [4.78, 5) is 13.6. The van der Waals surface area contributed by atoms with Gasteiger partial charge in [0.2, 0.25) is 5.91 Å². The first kappa shape index (κ1) is 13.5. The normalized spacial score (nSPS) is 28.9. The number of rotatable bonds is 5. The van der Waals surface area contributed by atoms with Crippen LogP contribution in [0.25, 0.3) is 0 Å². The molecule has 0 aromatic rings. The molecule has 3 atom stereocenters. The van der Waals surface area contributed by atoms with Crippen LogP contribution in [0.5, 0.6) is 0 Å². The van der Waals surface area contributed by atoms with Crippen LogP contribution < -0.4 is 11.1 Å². The third-order valence-electron chi connectivity index (χ3n) is 3.74. The van der Waals surface area contributed by atoms with Crippen LogP contribution in [0.4, 0.5) is 0 Å². The van der Waals surface area contributed by atoms with Gasteiger partial charge in [0.15, 0.2) is 0 Å². The zero-order valence-corrected chi connectivity index (χ0v) is 10.7. The molecule has 1 amide bonds. The van der Waals surface area contributed by atoms with Crippen molar-refractivity contribution >= 4 is 5.91 Å². The number of primary amides is 1. The molecule has 1 fully saturated rings. The topological polar surface area (TPSA) is 58.4 Å². The molecule has 1 aliphatic heterocycles. The summed E-state index contributed by atoms with van der Waals surface area (Å²) in [6.45, 7) is 5.50. The van der Waals surface area contributed by atoms with Crippen molar-refractivity contribution in [3.8, 4) is 0 Å². The second-order valence-electron chi connectivity index (χ2n) is 4.90. The number of likely N-dealkylation sites (tertiary alicyclic amines) is 1. The quantitative estimate of drug-likeness (QED) is 0.727. The number of hydrogen-bond donors (Lipinski definition) is 2. The van der Waals surface area contributed by atoms with E-state index in [0.29, 0.717) is 12.1 Å². The number of likely N-dealkylation sites (N-methyl/N-ethyl adjacent to an activating group) is 1. The van der Waals surface area contributed by atoms with Crippen molar-refractivity contribution in [2.45, 2.75) is 57.7 Å². The Balaban J connectivity index is 2.42. The predicted octanol–water partition coefficient (Wildman–Crippen LogP) is 0.713. The first-order valence-electron chi connectivity index (χ1n) is 6.28. The molecule has 0 bridgehead atoms. The van der Waals surface area contributed by atoms with E-state index >= 15 is 0 Å². The van der Waals surface area contributed by atoms with Gasteiger partial charge in [-0.3, -0.25) is 9.69 Å². The fraction of sp³-hybridized carbons (Fsp3) is 0.917. The van der Waals surface area contributed by atoms with E-state index in [0.717, 1.165) is 13.0 Å². The summed E-state index contributed by atoms with van der Waals surface area (Å²) in [7, 11) is 1.79. The Kier molecular flexibility index (Phi) is 5.22. The molecule has 1 rings (SSSR count). The molecule has 0 spiro atoms. The van der Waals surface area contributed by atoms with Crippen LogP contribution in [0.15, 0.2) is 0 Å². The molecule has 0 aromatic heterocycles. The van der Waals surface area contributed by atoms with Gasteiger partial charge in [0.05, 0.1) is 6.04 Å². The molecule has 0 saturated carbocycles. The Morgan fingerprint density at radius 1 is 1.44 bits per heavy atom. The molecular weight excluding hydrogens is 202 g/mol. The maximum atomic E-state index is 11.1. The highest BCUT2D eigenvalue weighted by Gasteiger charge is 2.25. The van der Waals surface area contributed by atoms with Crippen LogP contribution in [-0.2, 0) is 4.79 Å². The summed E-state index contributed by atoms with van der Waals surface area (Å²) in [6.07, 6.45) is 4.67. The molecule has 1 unspecified atom stereocenters. The molecule has 3 N–H and O–H groups in total. The smallest absolute Gasteiger partial charge is 0.234 e. The van der Waals surface area contributed by atoms with Gasteiger partial charge >= 0.3 is 0 Å². The van der Waals surface area contributed by atoms with Gasteiger partial charge in [0.25, 0.3) is 0 Å². The second kappa shape index (κ2) is 6.21. The van der Waals surface area contributed by atoms with Crippen molar-refractivity contribution in [3.05, 3.63) is 0 Å². The average molecular weight is 227 g/mol. The number of nitrogens with zero attached hydrogens (tertiary/aromatic N) is 1. The van der Waals surface area contributed by atoms with E-state index < -0.39 is 0 Å². The number of hydrogen-bond acceptors (Lipinski definition) is 3. The number of carbonyl (C=O) groups excluding carboxylic acids is 1. The molecule has 16 heavy (non-hydrogen) atoms. The molecule has 0 radical (unpaired) electrons. The van der Waals surface area contributed by atoms with Gasteiger partial charge in [0, 0.05) is 18.6 Å². The Bertz CT molecular complexity index is 222. The lowest BCUT2D eigenvalue weighted by Crippen LogP contribution is -2.47.